The molecule has 0 saturated heterocycles. The Balaban J connectivity index is 1.65. The summed E-state index contributed by atoms with van der Waals surface area (Å²) in [4.78, 5) is 10.8. The Morgan fingerprint density at radius 1 is 0.283 bits per heavy atom. The van der Waals surface area contributed by atoms with Crippen molar-refractivity contribution in [3.63, 3.8) is 0 Å². The lowest BCUT2D eigenvalue weighted by Crippen LogP contribution is -2.48. The summed E-state index contributed by atoms with van der Waals surface area (Å²) in [6.45, 7) is 37.8. The molecule has 4 aromatic rings. The van der Waals surface area contributed by atoms with Gasteiger partial charge in [0.1, 0.15) is 11.6 Å². The minimum Gasteiger partial charge on any atom is -0.325 e. The zero-order valence-electron chi connectivity index (χ0n) is 39.8. The van der Waals surface area contributed by atoms with Crippen LogP contribution in [0.2, 0.25) is 0 Å². The Kier molecular flexibility index (Phi) is 14.4. The van der Waals surface area contributed by atoms with Crippen LogP contribution in [0, 0.1) is 0 Å². The van der Waals surface area contributed by atoms with Gasteiger partial charge in [-0.2, -0.15) is 0 Å². The Labute approximate surface area is 369 Å². The van der Waals surface area contributed by atoms with Crippen LogP contribution >= 0.6 is 0 Å². The van der Waals surface area contributed by atoms with Crippen molar-refractivity contribution in [2.75, 3.05) is 19.6 Å². The Morgan fingerprint density at radius 3 is 0.567 bits per heavy atom. The van der Waals surface area contributed by atoms with E-state index in [-0.39, 0.29) is 11.6 Å². The minimum atomic E-state index is 0.122. The van der Waals surface area contributed by atoms with E-state index in [0.29, 0.717) is 64.6 Å². The number of nitrogens with zero attached hydrogens (tertiary/aromatic N) is 4. The molecule has 0 fully saturated rings. The van der Waals surface area contributed by atoms with Crippen LogP contribution in [0.25, 0.3) is 0 Å². The number of anilines is 4. The van der Waals surface area contributed by atoms with Crippen molar-refractivity contribution in [2.24, 2.45) is 0 Å². The summed E-state index contributed by atoms with van der Waals surface area (Å²) in [5.74, 6) is 3.44. The van der Waals surface area contributed by atoms with Gasteiger partial charge in [0.15, 0.2) is 0 Å². The van der Waals surface area contributed by atoms with Gasteiger partial charge in [0.2, 0.25) is 0 Å². The third kappa shape index (κ3) is 8.84. The average molecular weight is 835 g/mol. The maximum absolute atomic E-state index is 2.69. The molecule has 2 aliphatic rings. The second-order valence-corrected chi connectivity index (χ2v) is 23.0. The van der Waals surface area contributed by atoms with Crippen LogP contribution in [0.1, 0.15) is 203 Å². The lowest BCUT2D eigenvalue weighted by atomic mass is 9.91. The molecule has 4 aromatic carbocycles. The normalized spacial score (nSPS) is 15.4. The summed E-state index contributed by atoms with van der Waals surface area (Å²) in [7, 11) is 1.22. The zero-order chi connectivity index (χ0) is 43.7. The van der Waals surface area contributed by atoms with Gasteiger partial charge >= 0.3 is 0 Å². The third-order valence-electron chi connectivity index (χ3n) is 12.6. The summed E-state index contributed by atoms with van der Waals surface area (Å²) in [6.07, 6.45) is 9.70. The largest absolute Gasteiger partial charge is 0.325 e. The second-order valence-electron chi connectivity index (χ2n) is 19.6. The van der Waals surface area contributed by atoms with Crippen LogP contribution in [0.5, 0.6) is 0 Å². The minimum absolute atomic E-state index is 0.122. The number of hydrogen-bond donors (Lipinski definition) is 0. The fourth-order valence-corrected chi connectivity index (χ4v) is 13.6. The molecule has 6 heteroatoms. The number of hydrogen-bond acceptors (Lipinski definition) is 4. The molecule has 2 aliphatic heterocycles. The van der Waals surface area contributed by atoms with Crippen LogP contribution in [-0.4, -0.2) is 28.8 Å². The molecule has 0 amide bonds. The van der Waals surface area contributed by atoms with E-state index in [0.717, 1.165) is 0 Å². The van der Waals surface area contributed by atoms with Gasteiger partial charge in [-0.25, -0.2) is 0 Å². The van der Waals surface area contributed by atoms with Gasteiger partial charge < -0.3 is 19.6 Å². The number of para-hydroxylation sites is 4. The maximum Gasteiger partial charge on any atom is 0.108 e. The average Bonchev–Trinajstić information content (AvgIpc) is 3.82. The molecule has 0 spiro atoms. The SMILES string of the molecule is CC(C)c1cccc(C(C)C)c1N1C=CN(c2c(C(C)C)cccc2C(C)C)C1[Si]=[Si]C1N(c2c(C(C)C)cccc2C(C)C)C=CN1c1c(C(C)C)cccc1C(C)C. The first-order valence-electron chi connectivity index (χ1n) is 23.0. The first kappa shape index (κ1) is 45.5. The molecule has 318 valence electrons. The molecular formula is C54H74N4Si2. The van der Waals surface area contributed by atoms with Gasteiger partial charge in [-0.05, 0) is 91.9 Å². The van der Waals surface area contributed by atoms with E-state index in [1.165, 1.54) is 67.3 Å². The molecule has 0 bridgehead atoms. The lowest BCUT2D eigenvalue weighted by molar-refractivity contribution is 0.781. The molecule has 2 heterocycles. The van der Waals surface area contributed by atoms with E-state index in [2.05, 4.69) is 228 Å². The standard InChI is InChI=1S/C54H74N4Si2/c1-33(2)41-21-17-22-42(34(3)4)49(41)55-29-30-56(50-43(35(5)6)23-18-24-44(50)36(7)8)53(55)59-60-54-57(51-45(37(9)10)25-19-26-46(51)38(11)12)31-32-58(54)52-47(39(13)14)27-20-28-48(52)40(15)16/h17-40,53-54H,1-16H3. The summed E-state index contributed by atoms with van der Waals surface area (Å²) >= 11 is 0. The number of benzene rings is 4. The third-order valence-corrected chi connectivity index (χ3v) is 16.4. The van der Waals surface area contributed by atoms with Crippen LogP contribution in [0.15, 0.2) is 97.6 Å². The quantitative estimate of drug-likeness (QED) is 0.117. The van der Waals surface area contributed by atoms with Crippen LogP contribution in [0.3, 0.4) is 0 Å². The summed E-state index contributed by atoms with van der Waals surface area (Å²) in [5, 5.41) is 0. The van der Waals surface area contributed by atoms with E-state index in [1.54, 1.807) is 0 Å². The number of rotatable bonds is 14. The molecule has 0 aliphatic carbocycles. The molecule has 0 atom stereocenters. The smallest absolute Gasteiger partial charge is 0.108 e. The van der Waals surface area contributed by atoms with Crippen molar-refractivity contribution in [1.29, 1.82) is 0 Å². The Morgan fingerprint density at radius 2 is 0.433 bits per heavy atom. The predicted molar refractivity (Wildman–Crippen MR) is 266 cm³/mol. The van der Waals surface area contributed by atoms with Crippen molar-refractivity contribution in [3.05, 3.63) is 142 Å². The molecule has 2 radical (unpaired) electrons. The fraction of sp³-hybridized carbons (Fsp3) is 0.481. The van der Waals surface area contributed by atoms with Crippen LogP contribution in [0.4, 0.5) is 22.7 Å². The van der Waals surface area contributed by atoms with Crippen LogP contribution in [-0.2, 0) is 0 Å². The molecule has 0 unspecified atom stereocenters. The molecule has 0 N–H and O–H groups in total. The van der Waals surface area contributed by atoms with Crippen molar-refractivity contribution in [3.8, 4) is 0 Å². The van der Waals surface area contributed by atoms with E-state index in [4.69, 9.17) is 0 Å². The van der Waals surface area contributed by atoms with Crippen molar-refractivity contribution in [1.82, 2.24) is 0 Å². The Hall–Kier alpha value is -4.01. The van der Waals surface area contributed by atoms with E-state index < -0.39 is 0 Å². The first-order chi connectivity index (χ1) is 28.5. The van der Waals surface area contributed by atoms with Crippen molar-refractivity contribution < 1.29 is 0 Å². The Bertz CT molecular complexity index is 1800. The molecule has 0 aromatic heterocycles. The highest BCUT2D eigenvalue weighted by Gasteiger charge is 2.37. The van der Waals surface area contributed by atoms with E-state index in [9.17, 15) is 0 Å². The molecule has 6 rings (SSSR count). The highest BCUT2D eigenvalue weighted by atomic mass is 28.9. The molecular weight excluding hydrogens is 761 g/mol. The summed E-state index contributed by atoms with van der Waals surface area (Å²) in [5.41, 5.74) is 17.0. The van der Waals surface area contributed by atoms with Crippen molar-refractivity contribution in [2.45, 2.75) is 170 Å². The lowest BCUT2D eigenvalue weighted by Gasteiger charge is -2.39. The predicted octanol–water partition coefficient (Wildman–Crippen LogP) is 14.9. The highest BCUT2D eigenvalue weighted by molar-refractivity contribution is 6.76. The second kappa shape index (κ2) is 18.9. The van der Waals surface area contributed by atoms with Gasteiger partial charge in [-0.1, -0.05) is 184 Å². The monoisotopic (exact) mass is 835 g/mol. The molecule has 4 nitrogen and oxygen atoms in total. The van der Waals surface area contributed by atoms with Gasteiger partial charge in [0.25, 0.3) is 0 Å². The van der Waals surface area contributed by atoms with E-state index in [1.807, 2.05) is 0 Å². The van der Waals surface area contributed by atoms with E-state index >= 15 is 0 Å². The maximum atomic E-state index is 2.69. The first-order valence-corrected chi connectivity index (χ1v) is 26.1. The van der Waals surface area contributed by atoms with Crippen LogP contribution < -0.4 is 19.6 Å². The van der Waals surface area contributed by atoms with Gasteiger partial charge in [-0.15, -0.1) is 0 Å². The molecule has 60 heavy (non-hydrogen) atoms. The summed E-state index contributed by atoms with van der Waals surface area (Å²) in [6, 6.07) is 28.2. The summed E-state index contributed by atoms with van der Waals surface area (Å²) < 4.78 is 0. The van der Waals surface area contributed by atoms with Gasteiger partial charge in [0, 0.05) is 47.5 Å². The van der Waals surface area contributed by atoms with Crippen molar-refractivity contribution >= 4 is 40.0 Å². The fourth-order valence-electron chi connectivity index (χ4n) is 9.34. The topological polar surface area (TPSA) is 13.0 Å². The zero-order valence-corrected chi connectivity index (χ0v) is 41.8. The molecule has 0 saturated carbocycles. The van der Waals surface area contributed by atoms with Gasteiger partial charge in [0.05, 0.1) is 17.2 Å². The highest BCUT2D eigenvalue weighted by Crippen LogP contribution is 2.45. The van der Waals surface area contributed by atoms with Gasteiger partial charge in [-0.3, -0.25) is 0 Å².